The summed E-state index contributed by atoms with van der Waals surface area (Å²) < 4.78 is 4.73. The molecule has 0 unspecified atom stereocenters. The zero-order valence-corrected chi connectivity index (χ0v) is 8.69. The van der Waals surface area contributed by atoms with Crippen molar-refractivity contribution in [1.82, 2.24) is 0 Å². The minimum absolute atomic E-state index is 0.318. The smallest absolute Gasteiger partial charge is 0.414 e. The first-order valence-electron chi connectivity index (χ1n) is 4.97. The first kappa shape index (κ1) is 9.83. The van der Waals surface area contributed by atoms with Crippen molar-refractivity contribution in [3.05, 3.63) is 23.8 Å². The molecular weight excluding hydrogens is 192 g/mol. The quantitative estimate of drug-likeness (QED) is 0.658. The third kappa shape index (κ3) is 1.63. The van der Waals surface area contributed by atoms with Crippen LogP contribution in [0.1, 0.15) is 12.0 Å². The van der Waals surface area contributed by atoms with Gasteiger partial charge in [-0.15, -0.1) is 0 Å². The lowest BCUT2D eigenvalue weighted by Crippen LogP contribution is -2.35. The fraction of sp³-hybridized carbons (Fsp3) is 0.364. The highest BCUT2D eigenvalue weighted by Crippen LogP contribution is 2.31. The van der Waals surface area contributed by atoms with Gasteiger partial charge >= 0.3 is 6.09 Å². The number of rotatable bonds is 0. The molecule has 0 saturated carbocycles. The van der Waals surface area contributed by atoms with E-state index in [4.69, 9.17) is 10.5 Å². The molecule has 0 aromatic heterocycles. The molecule has 0 radical (unpaired) electrons. The lowest BCUT2D eigenvalue weighted by Gasteiger charge is -2.28. The number of amides is 1. The van der Waals surface area contributed by atoms with Gasteiger partial charge in [0.1, 0.15) is 0 Å². The highest BCUT2D eigenvalue weighted by Gasteiger charge is 2.23. The SMILES string of the molecule is COC(=O)N1CCCc2c(N)cccc21. The van der Waals surface area contributed by atoms with Gasteiger partial charge in [-0.1, -0.05) is 6.07 Å². The maximum absolute atomic E-state index is 11.5. The van der Waals surface area contributed by atoms with Crippen molar-refractivity contribution in [1.29, 1.82) is 0 Å². The Bertz CT molecular complexity index is 390. The number of anilines is 2. The second-order valence-electron chi connectivity index (χ2n) is 3.57. The van der Waals surface area contributed by atoms with E-state index in [1.54, 1.807) is 4.90 Å². The van der Waals surface area contributed by atoms with Crippen LogP contribution in [0.15, 0.2) is 18.2 Å². The van der Waals surface area contributed by atoms with E-state index >= 15 is 0 Å². The van der Waals surface area contributed by atoms with Crippen molar-refractivity contribution in [2.75, 3.05) is 24.3 Å². The molecule has 2 N–H and O–H groups in total. The highest BCUT2D eigenvalue weighted by molar-refractivity contribution is 5.90. The zero-order chi connectivity index (χ0) is 10.8. The van der Waals surface area contributed by atoms with E-state index in [9.17, 15) is 4.79 Å². The third-order valence-corrected chi connectivity index (χ3v) is 2.68. The van der Waals surface area contributed by atoms with E-state index in [-0.39, 0.29) is 6.09 Å². The highest BCUT2D eigenvalue weighted by atomic mass is 16.5. The van der Waals surface area contributed by atoms with Gasteiger partial charge in [0.25, 0.3) is 0 Å². The summed E-state index contributed by atoms with van der Waals surface area (Å²) in [5.74, 6) is 0. The van der Waals surface area contributed by atoms with Gasteiger partial charge in [0.05, 0.1) is 12.8 Å². The Morgan fingerprint density at radius 2 is 2.33 bits per heavy atom. The largest absolute Gasteiger partial charge is 0.452 e. The summed E-state index contributed by atoms with van der Waals surface area (Å²) in [6.45, 7) is 0.698. The molecule has 0 aliphatic carbocycles. The van der Waals surface area contributed by atoms with Gasteiger partial charge in [-0.05, 0) is 30.5 Å². The summed E-state index contributed by atoms with van der Waals surface area (Å²) in [4.78, 5) is 13.1. The summed E-state index contributed by atoms with van der Waals surface area (Å²) in [7, 11) is 1.39. The number of nitrogen functional groups attached to an aromatic ring is 1. The number of benzene rings is 1. The number of carbonyl (C=O) groups is 1. The van der Waals surface area contributed by atoms with Crippen LogP contribution < -0.4 is 10.6 Å². The van der Waals surface area contributed by atoms with Crippen molar-refractivity contribution in [3.8, 4) is 0 Å². The van der Waals surface area contributed by atoms with Crippen LogP contribution >= 0.6 is 0 Å². The van der Waals surface area contributed by atoms with E-state index in [0.29, 0.717) is 6.54 Å². The lowest BCUT2D eigenvalue weighted by atomic mass is 10.0. The molecule has 0 atom stereocenters. The Labute approximate surface area is 88.6 Å². The summed E-state index contributed by atoms with van der Waals surface area (Å²) in [6.07, 6.45) is 1.53. The minimum Gasteiger partial charge on any atom is -0.452 e. The second kappa shape index (κ2) is 3.81. The first-order chi connectivity index (χ1) is 7.24. The average molecular weight is 206 g/mol. The van der Waals surface area contributed by atoms with Crippen molar-refractivity contribution >= 4 is 17.5 Å². The Hall–Kier alpha value is -1.71. The molecular formula is C11H14N2O2. The van der Waals surface area contributed by atoms with E-state index in [2.05, 4.69) is 0 Å². The van der Waals surface area contributed by atoms with Crippen molar-refractivity contribution < 1.29 is 9.53 Å². The van der Waals surface area contributed by atoms with Gasteiger partial charge in [0.15, 0.2) is 0 Å². The van der Waals surface area contributed by atoms with Crippen LogP contribution in [0, 0.1) is 0 Å². The molecule has 1 aromatic rings. The van der Waals surface area contributed by atoms with Gasteiger partial charge in [0, 0.05) is 12.2 Å². The fourth-order valence-electron chi connectivity index (χ4n) is 1.95. The molecule has 4 heteroatoms. The van der Waals surface area contributed by atoms with Crippen LogP contribution in [-0.4, -0.2) is 19.7 Å². The number of nitrogens with zero attached hydrogens (tertiary/aromatic N) is 1. The summed E-state index contributed by atoms with van der Waals surface area (Å²) in [5.41, 5.74) is 8.55. The van der Waals surface area contributed by atoms with E-state index < -0.39 is 0 Å². The standard InChI is InChI=1S/C11H14N2O2/c1-15-11(14)13-7-3-4-8-9(12)5-2-6-10(8)13/h2,5-6H,3-4,7,12H2,1H3. The fourth-order valence-corrected chi connectivity index (χ4v) is 1.95. The number of hydrogen-bond acceptors (Lipinski definition) is 3. The van der Waals surface area contributed by atoms with Crippen LogP contribution in [-0.2, 0) is 11.2 Å². The van der Waals surface area contributed by atoms with Crippen molar-refractivity contribution in [2.24, 2.45) is 0 Å². The third-order valence-electron chi connectivity index (χ3n) is 2.68. The summed E-state index contributed by atoms with van der Waals surface area (Å²) in [6, 6.07) is 5.62. The van der Waals surface area contributed by atoms with Gasteiger partial charge in [-0.25, -0.2) is 4.79 Å². The molecule has 1 amide bonds. The molecule has 0 bridgehead atoms. The molecule has 2 rings (SSSR count). The second-order valence-corrected chi connectivity index (χ2v) is 3.57. The predicted octanol–water partition coefficient (Wildman–Crippen LogP) is 1.79. The first-order valence-corrected chi connectivity index (χ1v) is 4.97. The topological polar surface area (TPSA) is 55.6 Å². The number of methoxy groups -OCH3 is 1. The molecule has 15 heavy (non-hydrogen) atoms. The molecule has 1 aliphatic heterocycles. The molecule has 4 nitrogen and oxygen atoms in total. The van der Waals surface area contributed by atoms with Gasteiger partial charge < -0.3 is 10.5 Å². The van der Waals surface area contributed by atoms with Crippen molar-refractivity contribution in [2.45, 2.75) is 12.8 Å². The average Bonchev–Trinajstić information content (AvgIpc) is 2.28. The normalized spacial score (nSPS) is 14.6. The Kier molecular flexibility index (Phi) is 2.49. The van der Waals surface area contributed by atoms with Crippen LogP contribution in [0.2, 0.25) is 0 Å². The van der Waals surface area contributed by atoms with Crippen LogP contribution in [0.25, 0.3) is 0 Å². The predicted molar refractivity (Wildman–Crippen MR) is 58.9 cm³/mol. The van der Waals surface area contributed by atoms with E-state index in [1.807, 2.05) is 18.2 Å². The number of nitrogens with two attached hydrogens (primary N) is 1. The van der Waals surface area contributed by atoms with E-state index in [0.717, 1.165) is 29.8 Å². The molecule has 1 aliphatic rings. The number of hydrogen-bond donors (Lipinski definition) is 1. The van der Waals surface area contributed by atoms with Gasteiger partial charge in [-0.3, -0.25) is 4.90 Å². The van der Waals surface area contributed by atoms with Gasteiger partial charge in [-0.2, -0.15) is 0 Å². The lowest BCUT2D eigenvalue weighted by molar-refractivity contribution is 0.178. The van der Waals surface area contributed by atoms with E-state index in [1.165, 1.54) is 7.11 Å². The number of carbonyl (C=O) groups excluding carboxylic acids is 1. The molecule has 1 heterocycles. The molecule has 1 aromatic carbocycles. The van der Waals surface area contributed by atoms with Gasteiger partial charge in [0.2, 0.25) is 0 Å². The maximum Gasteiger partial charge on any atom is 0.414 e. The molecule has 0 saturated heterocycles. The van der Waals surface area contributed by atoms with Crippen molar-refractivity contribution in [3.63, 3.8) is 0 Å². The summed E-state index contributed by atoms with van der Waals surface area (Å²) >= 11 is 0. The number of ether oxygens (including phenoxy) is 1. The molecule has 0 fully saturated rings. The summed E-state index contributed by atoms with van der Waals surface area (Å²) in [5, 5.41) is 0. The Balaban J connectivity index is 2.42. The Morgan fingerprint density at radius 1 is 1.53 bits per heavy atom. The van der Waals surface area contributed by atoms with Crippen LogP contribution in [0.4, 0.5) is 16.2 Å². The van der Waals surface area contributed by atoms with Crippen LogP contribution in [0.3, 0.4) is 0 Å². The number of fused-ring (bicyclic) bond motifs is 1. The zero-order valence-electron chi connectivity index (χ0n) is 8.69. The molecule has 0 spiro atoms. The van der Waals surface area contributed by atoms with Crippen LogP contribution in [0.5, 0.6) is 0 Å². The maximum atomic E-state index is 11.5. The molecule has 80 valence electrons. The Morgan fingerprint density at radius 3 is 3.07 bits per heavy atom. The monoisotopic (exact) mass is 206 g/mol. The minimum atomic E-state index is -0.318.